The Labute approximate surface area is 182 Å². The van der Waals surface area contributed by atoms with Gasteiger partial charge >= 0.3 is 0 Å². The maximum absolute atomic E-state index is 11.1. The van der Waals surface area contributed by atoms with E-state index in [1.165, 1.54) is 18.3 Å². The normalized spacial score (nSPS) is 13.8. The zero-order valence-corrected chi connectivity index (χ0v) is 16.9. The second-order valence-electron chi connectivity index (χ2n) is 6.74. The van der Waals surface area contributed by atoms with Crippen LogP contribution in [0.25, 0.3) is 0 Å². The number of non-ortho nitro benzene ring substituents is 1. The molecule has 0 saturated carbocycles. The second-order valence-corrected chi connectivity index (χ2v) is 6.74. The van der Waals surface area contributed by atoms with Gasteiger partial charge in [0.1, 0.15) is 5.75 Å². The number of phenols is 1. The fourth-order valence-corrected chi connectivity index (χ4v) is 2.96. The lowest BCUT2D eigenvalue weighted by atomic mass is 10.2. The zero-order valence-electron chi connectivity index (χ0n) is 16.9. The molecule has 4 rings (SSSR count). The van der Waals surface area contributed by atoms with Crippen LogP contribution in [0.15, 0.2) is 53.6 Å². The van der Waals surface area contributed by atoms with E-state index >= 15 is 0 Å². The van der Waals surface area contributed by atoms with Gasteiger partial charge in [-0.05, 0) is 18.2 Å². The molecule has 0 radical (unpaired) electrons. The molecule has 0 spiro atoms. The van der Waals surface area contributed by atoms with Crippen molar-refractivity contribution in [1.82, 2.24) is 15.0 Å². The number of hydrogen-bond donors (Lipinski definition) is 3. The van der Waals surface area contributed by atoms with Crippen molar-refractivity contribution in [3.8, 4) is 5.75 Å². The molecular formula is C20H20N8O4. The standard InChI is InChI=1S/C20H20N8O4/c29-17-7-2-1-4-14(17)13-21-26-19-23-18(22-15-5-3-6-16(12-15)28(30)31)24-20(25-19)27-8-10-32-11-9-27/h1-7,12-13,29H,8-11H2,(H2,22,23,24,25,26)/b21-13+. The predicted molar refractivity (Wildman–Crippen MR) is 119 cm³/mol. The first-order valence-electron chi connectivity index (χ1n) is 9.76. The number of para-hydroxylation sites is 1. The molecule has 1 saturated heterocycles. The summed E-state index contributed by atoms with van der Waals surface area (Å²) in [6.07, 6.45) is 1.45. The molecule has 0 unspecified atom stereocenters. The summed E-state index contributed by atoms with van der Waals surface area (Å²) in [6.45, 7) is 2.32. The van der Waals surface area contributed by atoms with Gasteiger partial charge in [0.2, 0.25) is 17.8 Å². The SMILES string of the molecule is O=[N+]([O-])c1cccc(Nc2nc(N/N=C/c3ccccc3O)nc(N3CCOCC3)n2)c1. The van der Waals surface area contributed by atoms with Crippen molar-refractivity contribution in [3.63, 3.8) is 0 Å². The third-order valence-electron chi connectivity index (χ3n) is 4.54. The summed E-state index contributed by atoms with van der Waals surface area (Å²) in [7, 11) is 0. The average Bonchev–Trinajstić information content (AvgIpc) is 2.81. The summed E-state index contributed by atoms with van der Waals surface area (Å²) < 4.78 is 5.38. The summed E-state index contributed by atoms with van der Waals surface area (Å²) in [4.78, 5) is 25.7. The quantitative estimate of drug-likeness (QED) is 0.286. The van der Waals surface area contributed by atoms with Crippen molar-refractivity contribution in [2.24, 2.45) is 5.10 Å². The maximum Gasteiger partial charge on any atom is 0.271 e. The highest BCUT2D eigenvalue weighted by Gasteiger charge is 2.17. The van der Waals surface area contributed by atoms with Gasteiger partial charge in [0.05, 0.1) is 24.4 Å². The van der Waals surface area contributed by atoms with Gasteiger partial charge in [0.15, 0.2) is 0 Å². The summed E-state index contributed by atoms with van der Waals surface area (Å²) in [5, 5.41) is 28.0. The minimum atomic E-state index is -0.474. The van der Waals surface area contributed by atoms with E-state index < -0.39 is 4.92 Å². The van der Waals surface area contributed by atoms with Gasteiger partial charge in [-0.1, -0.05) is 18.2 Å². The highest BCUT2D eigenvalue weighted by Crippen LogP contribution is 2.22. The molecule has 1 aliphatic heterocycles. The molecule has 0 aliphatic carbocycles. The Hall–Kier alpha value is -4.32. The van der Waals surface area contributed by atoms with Crippen LogP contribution in [0.5, 0.6) is 5.75 Å². The van der Waals surface area contributed by atoms with Crippen LogP contribution in [0.3, 0.4) is 0 Å². The Morgan fingerprint density at radius 3 is 2.66 bits per heavy atom. The topological polar surface area (TPSA) is 151 Å². The monoisotopic (exact) mass is 436 g/mol. The van der Waals surface area contributed by atoms with Gasteiger partial charge in [0, 0.05) is 36.5 Å². The molecule has 12 nitrogen and oxygen atoms in total. The van der Waals surface area contributed by atoms with E-state index in [-0.39, 0.29) is 23.3 Å². The van der Waals surface area contributed by atoms with Crippen LogP contribution < -0.4 is 15.6 Å². The number of nitro benzene ring substituents is 1. The van der Waals surface area contributed by atoms with E-state index in [0.717, 1.165) is 0 Å². The van der Waals surface area contributed by atoms with Crippen molar-refractivity contribution in [2.45, 2.75) is 0 Å². The summed E-state index contributed by atoms with van der Waals surface area (Å²) in [6, 6.07) is 12.8. The van der Waals surface area contributed by atoms with Gasteiger partial charge < -0.3 is 20.1 Å². The second kappa shape index (κ2) is 9.66. The Balaban J connectivity index is 1.59. The third kappa shape index (κ3) is 5.23. The van der Waals surface area contributed by atoms with E-state index in [1.807, 2.05) is 4.90 Å². The van der Waals surface area contributed by atoms with E-state index in [0.29, 0.717) is 43.5 Å². The number of ether oxygens (including phenoxy) is 1. The molecule has 1 aromatic heterocycles. The molecule has 0 atom stereocenters. The molecule has 164 valence electrons. The molecule has 12 heteroatoms. The molecule has 32 heavy (non-hydrogen) atoms. The number of anilines is 4. The molecule has 1 aliphatic rings. The first kappa shape index (κ1) is 20.9. The van der Waals surface area contributed by atoms with Crippen LogP contribution in [0.2, 0.25) is 0 Å². The number of nitrogens with one attached hydrogen (secondary N) is 2. The highest BCUT2D eigenvalue weighted by atomic mass is 16.6. The number of phenolic OH excluding ortho intramolecular Hbond substituents is 1. The molecule has 1 fully saturated rings. The molecule has 2 aromatic carbocycles. The number of nitro groups is 1. The third-order valence-corrected chi connectivity index (χ3v) is 4.54. The van der Waals surface area contributed by atoms with Crippen LogP contribution in [0.4, 0.5) is 29.2 Å². The van der Waals surface area contributed by atoms with Crippen LogP contribution in [-0.2, 0) is 4.74 Å². The first-order valence-corrected chi connectivity index (χ1v) is 9.76. The van der Waals surface area contributed by atoms with Crippen LogP contribution in [0, 0.1) is 10.1 Å². The number of hydrazone groups is 1. The Kier molecular flexibility index (Phi) is 6.32. The lowest BCUT2D eigenvalue weighted by Gasteiger charge is -2.27. The fraction of sp³-hybridized carbons (Fsp3) is 0.200. The molecule has 3 N–H and O–H groups in total. The molecule has 0 amide bonds. The van der Waals surface area contributed by atoms with E-state index in [2.05, 4.69) is 30.8 Å². The zero-order chi connectivity index (χ0) is 22.3. The number of hydrogen-bond acceptors (Lipinski definition) is 11. The summed E-state index contributed by atoms with van der Waals surface area (Å²) in [5.74, 6) is 0.871. The Morgan fingerprint density at radius 1 is 1.09 bits per heavy atom. The van der Waals surface area contributed by atoms with Crippen molar-refractivity contribution in [2.75, 3.05) is 41.9 Å². The van der Waals surface area contributed by atoms with Crippen LogP contribution >= 0.6 is 0 Å². The lowest BCUT2D eigenvalue weighted by molar-refractivity contribution is -0.384. The van der Waals surface area contributed by atoms with Gasteiger partial charge in [-0.15, -0.1) is 0 Å². The van der Waals surface area contributed by atoms with Crippen molar-refractivity contribution in [3.05, 3.63) is 64.2 Å². The maximum atomic E-state index is 11.1. The van der Waals surface area contributed by atoms with Gasteiger partial charge in [0.25, 0.3) is 5.69 Å². The van der Waals surface area contributed by atoms with Crippen molar-refractivity contribution < 1.29 is 14.8 Å². The number of aromatic hydroxyl groups is 1. The minimum Gasteiger partial charge on any atom is -0.507 e. The van der Waals surface area contributed by atoms with E-state index in [4.69, 9.17) is 4.74 Å². The van der Waals surface area contributed by atoms with Gasteiger partial charge in [-0.25, -0.2) is 5.43 Å². The summed E-state index contributed by atoms with van der Waals surface area (Å²) >= 11 is 0. The van der Waals surface area contributed by atoms with Crippen LogP contribution in [0.1, 0.15) is 5.56 Å². The van der Waals surface area contributed by atoms with Gasteiger partial charge in [-0.2, -0.15) is 20.1 Å². The highest BCUT2D eigenvalue weighted by molar-refractivity contribution is 5.83. The number of aromatic nitrogens is 3. The minimum absolute atomic E-state index is 0.0527. The largest absolute Gasteiger partial charge is 0.507 e. The Bertz CT molecular complexity index is 1130. The van der Waals surface area contributed by atoms with E-state index in [1.54, 1.807) is 36.4 Å². The molecule has 3 aromatic rings. The van der Waals surface area contributed by atoms with Crippen molar-refractivity contribution in [1.29, 1.82) is 0 Å². The Morgan fingerprint density at radius 2 is 1.88 bits per heavy atom. The number of rotatable bonds is 7. The molecule has 0 bridgehead atoms. The molecule has 2 heterocycles. The number of benzene rings is 2. The molecular weight excluding hydrogens is 416 g/mol. The lowest BCUT2D eigenvalue weighted by Crippen LogP contribution is -2.37. The number of morpholine rings is 1. The predicted octanol–water partition coefficient (Wildman–Crippen LogP) is 2.51. The summed E-state index contributed by atoms with van der Waals surface area (Å²) in [5.41, 5.74) is 3.68. The van der Waals surface area contributed by atoms with Crippen LogP contribution in [-0.4, -0.2) is 57.5 Å². The smallest absolute Gasteiger partial charge is 0.271 e. The first-order chi connectivity index (χ1) is 15.6. The van der Waals surface area contributed by atoms with Gasteiger partial charge in [-0.3, -0.25) is 10.1 Å². The fourth-order valence-electron chi connectivity index (χ4n) is 2.96. The number of nitrogens with zero attached hydrogens (tertiary/aromatic N) is 6. The van der Waals surface area contributed by atoms with E-state index in [9.17, 15) is 15.2 Å². The average molecular weight is 436 g/mol. The van der Waals surface area contributed by atoms with Crippen molar-refractivity contribution >= 4 is 35.4 Å².